The molecule has 6 bridgehead atoms. The predicted molar refractivity (Wildman–Crippen MR) is 207 cm³/mol. The van der Waals surface area contributed by atoms with E-state index >= 15 is 13.2 Å². The number of aromatic nitrogens is 3. The molecule has 2 aromatic heterocycles. The average Bonchev–Trinajstić information content (AvgIpc) is 3.89. The summed E-state index contributed by atoms with van der Waals surface area (Å²) in [6.07, 6.45) is 1.29. The van der Waals surface area contributed by atoms with Crippen molar-refractivity contribution in [3.63, 3.8) is 0 Å². The topological polar surface area (TPSA) is 131 Å². The number of pyridine rings is 1. The summed E-state index contributed by atoms with van der Waals surface area (Å²) >= 11 is 0. The van der Waals surface area contributed by atoms with Crippen LogP contribution < -0.4 is 19.7 Å². The van der Waals surface area contributed by atoms with Crippen molar-refractivity contribution >= 4 is 39.7 Å². The average molecular weight is 820 g/mol. The molecule has 5 saturated heterocycles. The molecule has 9 heterocycles. The van der Waals surface area contributed by atoms with Crippen molar-refractivity contribution in [1.82, 2.24) is 30.1 Å². The van der Waals surface area contributed by atoms with Crippen molar-refractivity contribution in [3.05, 3.63) is 47.7 Å². The molecular weight excluding hydrogens is 774 g/mol. The largest absolute Gasteiger partial charge is 0.461 e. The Labute approximate surface area is 337 Å². The molecule has 1 spiro atoms. The number of carbonyl (C=O) groups excluding carboxylic acids is 2. The van der Waals surface area contributed by atoms with E-state index in [0.29, 0.717) is 49.9 Å². The number of hydrogen-bond donors (Lipinski definition) is 1. The van der Waals surface area contributed by atoms with Crippen LogP contribution in [0, 0.1) is 11.6 Å². The predicted octanol–water partition coefficient (Wildman–Crippen LogP) is 6.42. The number of nitrogens with zero attached hydrogens (tertiary/aromatic N) is 6. The quantitative estimate of drug-likeness (QED) is 0.229. The number of aryl methyl sites for hydroxylation is 1. The van der Waals surface area contributed by atoms with E-state index < -0.39 is 47.2 Å². The Morgan fingerprint density at radius 3 is 2.68 bits per heavy atom. The van der Waals surface area contributed by atoms with Crippen molar-refractivity contribution in [2.45, 2.75) is 87.3 Å². The maximum atomic E-state index is 17.6. The highest BCUT2D eigenvalue weighted by Crippen LogP contribution is 2.43. The standard InChI is InChI=1S/C42H45F4N7O6/c1-40-16-25(43)19-52(21-40)36-30-18-47-34(33(46)35(30)48-37(49-36)57-23-41-7-3-10-53(41)20-26(44)17-41)29-15-27(59-39(55)51-11-8-42(22-51)9-13-58-42)14-24-5-6-31(45)28(32(24)29)4-2-12-56-38(54)50-40/h5-6,14-15,18,25-26H,2-4,7-13,16-17,19-23H2,1H3,(H,50,54)/t25-,26-,40-,41+,42?/m1/s1. The summed E-state index contributed by atoms with van der Waals surface area (Å²) in [5.74, 6) is -1.23. The molecule has 5 atom stereocenters. The van der Waals surface area contributed by atoms with Crippen LogP contribution in [0.25, 0.3) is 32.9 Å². The van der Waals surface area contributed by atoms with Crippen LogP contribution in [-0.2, 0) is 15.9 Å². The van der Waals surface area contributed by atoms with Gasteiger partial charge in [0.1, 0.15) is 47.5 Å². The van der Waals surface area contributed by atoms with Crippen LogP contribution in [0.1, 0.15) is 57.4 Å². The summed E-state index contributed by atoms with van der Waals surface area (Å²) < 4.78 is 87.4. The van der Waals surface area contributed by atoms with Crippen LogP contribution in [0.4, 0.5) is 33.0 Å². The molecule has 2 amide bonds. The van der Waals surface area contributed by atoms with Gasteiger partial charge < -0.3 is 34.1 Å². The maximum absolute atomic E-state index is 17.6. The first kappa shape index (κ1) is 38.2. The second-order valence-electron chi connectivity index (χ2n) is 17.4. The molecule has 4 aromatic rings. The molecule has 1 unspecified atom stereocenters. The van der Waals surface area contributed by atoms with E-state index in [-0.39, 0.29) is 103 Å². The Balaban J connectivity index is 1.12. The van der Waals surface area contributed by atoms with Crippen molar-refractivity contribution < 1.29 is 46.1 Å². The first-order valence-electron chi connectivity index (χ1n) is 20.5. The maximum Gasteiger partial charge on any atom is 0.415 e. The third-order valence-corrected chi connectivity index (χ3v) is 13.2. The molecule has 5 fully saturated rings. The van der Waals surface area contributed by atoms with Gasteiger partial charge in [-0.2, -0.15) is 9.97 Å². The van der Waals surface area contributed by atoms with Gasteiger partial charge in [-0.15, -0.1) is 0 Å². The summed E-state index contributed by atoms with van der Waals surface area (Å²) in [5, 5.41) is 3.74. The number of alkyl halides is 2. The normalized spacial score (nSPS) is 29.5. The fourth-order valence-corrected chi connectivity index (χ4v) is 10.3. The number of hydrogen-bond acceptors (Lipinski definition) is 11. The molecular formula is C42H45F4N7O6. The SMILES string of the molecule is C[C@@]12C[C@@H](F)CN(C1)c1nc(OC[C@@]34CCCN3C[C@H](F)C4)nc3c(F)c(ncc13)-c1cc(OC(=O)N3CCC4(CCO4)C3)cc3ccc(F)c(c13)CCCOC(=O)N2. The zero-order valence-corrected chi connectivity index (χ0v) is 32.7. The monoisotopic (exact) mass is 819 g/mol. The second kappa shape index (κ2) is 14.3. The number of rotatable bonds is 4. The molecule has 312 valence electrons. The molecule has 17 heteroatoms. The Bertz CT molecular complexity index is 2370. The molecule has 7 aliphatic rings. The molecule has 1 N–H and O–H groups in total. The second-order valence-corrected chi connectivity index (χ2v) is 17.4. The molecule has 7 aliphatic heterocycles. The van der Waals surface area contributed by atoms with Gasteiger partial charge in [-0.25, -0.2) is 27.2 Å². The minimum Gasteiger partial charge on any atom is -0.461 e. The van der Waals surface area contributed by atoms with E-state index in [9.17, 15) is 14.0 Å². The van der Waals surface area contributed by atoms with Gasteiger partial charge in [0.05, 0.1) is 48.4 Å². The summed E-state index contributed by atoms with van der Waals surface area (Å²) in [4.78, 5) is 45.8. The zero-order valence-electron chi connectivity index (χ0n) is 32.7. The van der Waals surface area contributed by atoms with Gasteiger partial charge >= 0.3 is 18.2 Å². The van der Waals surface area contributed by atoms with E-state index in [2.05, 4.69) is 20.2 Å². The van der Waals surface area contributed by atoms with Gasteiger partial charge in [-0.1, -0.05) is 6.07 Å². The van der Waals surface area contributed by atoms with Gasteiger partial charge in [0.2, 0.25) is 0 Å². The number of likely N-dealkylation sites (tertiary alicyclic amines) is 1. The molecule has 0 radical (unpaired) electrons. The number of fused-ring (bicyclic) bond motifs is 7. The van der Waals surface area contributed by atoms with Crippen LogP contribution in [0.15, 0.2) is 30.5 Å². The molecule has 59 heavy (non-hydrogen) atoms. The highest BCUT2D eigenvalue weighted by molar-refractivity contribution is 6.02. The molecule has 2 aromatic carbocycles. The smallest absolute Gasteiger partial charge is 0.415 e. The van der Waals surface area contributed by atoms with Gasteiger partial charge in [-0.05, 0) is 80.1 Å². The van der Waals surface area contributed by atoms with Gasteiger partial charge in [-0.3, -0.25) is 9.88 Å². The van der Waals surface area contributed by atoms with Gasteiger partial charge in [0.15, 0.2) is 5.82 Å². The number of ether oxygens (including phenoxy) is 4. The Morgan fingerprint density at radius 1 is 1.02 bits per heavy atom. The number of anilines is 1. The van der Waals surface area contributed by atoms with E-state index in [1.54, 1.807) is 22.8 Å². The Morgan fingerprint density at radius 2 is 1.86 bits per heavy atom. The minimum atomic E-state index is -1.42. The van der Waals surface area contributed by atoms with E-state index in [4.69, 9.17) is 23.9 Å². The van der Waals surface area contributed by atoms with E-state index in [0.717, 1.165) is 19.4 Å². The van der Waals surface area contributed by atoms with Crippen molar-refractivity contribution in [2.24, 2.45) is 0 Å². The summed E-state index contributed by atoms with van der Waals surface area (Å²) in [5.41, 5.74) is -2.08. The van der Waals surface area contributed by atoms with Crippen molar-refractivity contribution in [2.75, 3.05) is 64.0 Å². The molecule has 13 nitrogen and oxygen atoms in total. The number of halogens is 4. The van der Waals surface area contributed by atoms with Crippen LogP contribution in [0.5, 0.6) is 11.8 Å². The van der Waals surface area contributed by atoms with E-state index in [1.165, 1.54) is 24.4 Å². The van der Waals surface area contributed by atoms with Crippen LogP contribution in [0.2, 0.25) is 0 Å². The van der Waals surface area contributed by atoms with Crippen molar-refractivity contribution in [3.8, 4) is 23.0 Å². The lowest BCUT2D eigenvalue weighted by atomic mass is 9.90. The summed E-state index contributed by atoms with van der Waals surface area (Å²) in [7, 11) is 0. The highest BCUT2D eigenvalue weighted by Gasteiger charge is 2.50. The highest BCUT2D eigenvalue weighted by atomic mass is 19.1. The number of alkyl carbamates (subject to hydrolysis) is 1. The molecule has 0 saturated carbocycles. The fraction of sp³-hybridized carbons (Fsp3) is 0.548. The first-order chi connectivity index (χ1) is 28.4. The Hall–Kier alpha value is -5.03. The summed E-state index contributed by atoms with van der Waals surface area (Å²) in [6, 6.07) is 5.68. The van der Waals surface area contributed by atoms with E-state index in [1.807, 2.05) is 0 Å². The number of amides is 2. The van der Waals surface area contributed by atoms with Crippen LogP contribution >= 0.6 is 0 Å². The molecule has 11 rings (SSSR count). The Kier molecular flexibility index (Phi) is 9.27. The molecule has 0 aliphatic carbocycles. The zero-order chi connectivity index (χ0) is 40.7. The van der Waals surface area contributed by atoms with Crippen molar-refractivity contribution in [1.29, 1.82) is 0 Å². The lowest BCUT2D eigenvalue weighted by molar-refractivity contribution is -0.136. The number of benzene rings is 2. The lowest BCUT2D eigenvalue weighted by Crippen LogP contribution is -2.60. The summed E-state index contributed by atoms with van der Waals surface area (Å²) in [6.45, 7) is 4.13. The van der Waals surface area contributed by atoms with Crippen LogP contribution in [0.3, 0.4) is 0 Å². The minimum absolute atomic E-state index is 0.0215. The number of carbonyl (C=O) groups is 2. The van der Waals surface area contributed by atoms with Gasteiger partial charge in [0.25, 0.3) is 0 Å². The first-order valence-corrected chi connectivity index (χ1v) is 20.5. The number of piperidine rings is 1. The third kappa shape index (κ3) is 6.83. The fourth-order valence-electron chi connectivity index (χ4n) is 10.3. The number of nitrogens with one attached hydrogen (secondary N) is 1. The lowest BCUT2D eigenvalue weighted by Gasteiger charge is -2.42. The van der Waals surface area contributed by atoms with Gasteiger partial charge in [0, 0.05) is 50.7 Å². The third-order valence-electron chi connectivity index (χ3n) is 13.2. The van der Waals surface area contributed by atoms with Crippen LogP contribution in [-0.4, -0.2) is 125 Å².